The zero-order valence-electron chi connectivity index (χ0n) is 15.8. The van der Waals surface area contributed by atoms with Crippen molar-refractivity contribution in [3.05, 3.63) is 87.7 Å². The van der Waals surface area contributed by atoms with Crippen LogP contribution in [0.25, 0.3) is 37.7 Å². The zero-order chi connectivity index (χ0) is 20.8. The lowest BCUT2D eigenvalue weighted by Crippen LogP contribution is -2.18. The fourth-order valence-corrected chi connectivity index (χ4v) is 4.74. The van der Waals surface area contributed by atoms with Gasteiger partial charge in [-0.15, -0.1) is 11.3 Å². The minimum atomic E-state index is -0.452. The third-order valence-corrected chi connectivity index (χ3v) is 6.20. The van der Waals surface area contributed by atoms with Crippen LogP contribution in [0, 0.1) is 29.6 Å². The molecule has 142 valence electrons. The summed E-state index contributed by atoms with van der Waals surface area (Å²) in [5, 5.41) is 19.8. The number of aromatic nitrogens is 1. The standard InChI is InChI=1S/C24H13N3O2S/c1-14-6-8-15(9-7-14)19-10-11-20(29-19)22-16(12-25)23(28)27-18-4-2-3-5-21(18)30-24(27)17(22)13-26/h2-11H,1H3. The Morgan fingerprint density at radius 2 is 1.60 bits per heavy atom. The van der Waals surface area contributed by atoms with Crippen LogP contribution < -0.4 is 5.56 Å². The molecule has 0 saturated carbocycles. The number of nitrogens with zero attached hydrogens (tertiary/aromatic N) is 3. The van der Waals surface area contributed by atoms with Crippen LogP contribution in [0.4, 0.5) is 0 Å². The molecule has 0 spiro atoms. The molecule has 0 unspecified atom stereocenters. The van der Waals surface area contributed by atoms with E-state index in [1.54, 1.807) is 12.1 Å². The van der Waals surface area contributed by atoms with Gasteiger partial charge in [0.25, 0.3) is 5.56 Å². The van der Waals surface area contributed by atoms with E-state index in [9.17, 15) is 15.3 Å². The van der Waals surface area contributed by atoms with Gasteiger partial charge < -0.3 is 4.42 Å². The lowest BCUT2D eigenvalue weighted by molar-refractivity contribution is 0.597. The first-order chi connectivity index (χ1) is 14.6. The van der Waals surface area contributed by atoms with Crippen LogP contribution >= 0.6 is 11.3 Å². The van der Waals surface area contributed by atoms with Crippen molar-refractivity contribution in [2.45, 2.75) is 6.92 Å². The van der Waals surface area contributed by atoms with Crippen LogP contribution in [-0.4, -0.2) is 4.40 Å². The van der Waals surface area contributed by atoms with Gasteiger partial charge >= 0.3 is 0 Å². The molecule has 0 aliphatic heterocycles. The molecule has 6 heteroatoms. The SMILES string of the molecule is Cc1ccc(-c2ccc(-c3c(C#N)c(=O)n4c(sc5ccccc54)c3C#N)o2)cc1. The first-order valence-electron chi connectivity index (χ1n) is 9.20. The van der Waals surface area contributed by atoms with Gasteiger partial charge in [-0.2, -0.15) is 10.5 Å². The molecule has 0 aliphatic carbocycles. The number of aryl methyl sites for hydroxylation is 1. The van der Waals surface area contributed by atoms with Crippen LogP contribution in [0.3, 0.4) is 0 Å². The summed E-state index contributed by atoms with van der Waals surface area (Å²) < 4.78 is 8.33. The van der Waals surface area contributed by atoms with Gasteiger partial charge in [0.1, 0.15) is 34.1 Å². The molecule has 30 heavy (non-hydrogen) atoms. The van der Waals surface area contributed by atoms with Crippen LogP contribution in [0.2, 0.25) is 0 Å². The van der Waals surface area contributed by atoms with E-state index in [-0.39, 0.29) is 16.7 Å². The van der Waals surface area contributed by atoms with Crippen molar-refractivity contribution in [2.24, 2.45) is 0 Å². The van der Waals surface area contributed by atoms with Gasteiger partial charge in [-0.25, -0.2) is 0 Å². The van der Waals surface area contributed by atoms with E-state index in [0.29, 0.717) is 21.9 Å². The third kappa shape index (κ3) is 2.56. The van der Waals surface area contributed by atoms with E-state index in [2.05, 4.69) is 6.07 Å². The molecule has 0 bridgehead atoms. The zero-order valence-corrected chi connectivity index (χ0v) is 16.7. The molecule has 3 heterocycles. The molecule has 5 nitrogen and oxygen atoms in total. The van der Waals surface area contributed by atoms with Crippen molar-refractivity contribution in [3.63, 3.8) is 0 Å². The quantitative estimate of drug-likeness (QED) is 0.387. The lowest BCUT2D eigenvalue weighted by atomic mass is 10.0. The molecule has 0 atom stereocenters. The van der Waals surface area contributed by atoms with Crippen molar-refractivity contribution in [2.75, 3.05) is 0 Å². The van der Waals surface area contributed by atoms with E-state index < -0.39 is 5.56 Å². The lowest BCUT2D eigenvalue weighted by Gasteiger charge is -2.06. The summed E-state index contributed by atoms with van der Waals surface area (Å²) in [5.41, 5.74) is 2.65. The maximum atomic E-state index is 13.2. The maximum Gasteiger partial charge on any atom is 0.275 e. The van der Waals surface area contributed by atoms with E-state index in [1.165, 1.54) is 15.7 Å². The molecule has 0 saturated heterocycles. The first kappa shape index (κ1) is 17.9. The van der Waals surface area contributed by atoms with Gasteiger partial charge in [0.2, 0.25) is 0 Å². The third-order valence-electron chi connectivity index (χ3n) is 5.06. The van der Waals surface area contributed by atoms with E-state index in [1.807, 2.05) is 61.5 Å². The van der Waals surface area contributed by atoms with Gasteiger partial charge in [0, 0.05) is 5.56 Å². The summed E-state index contributed by atoms with van der Waals surface area (Å²) in [6.45, 7) is 2.00. The molecule has 2 aromatic carbocycles. The minimum absolute atomic E-state index is 0.0996. The number of pyridine rings is 1. The number of hydrogen-bond donors (Lipinski definition) is 0. The van der Waals surface area contributed by atoms with Crippen LogP contribution in [0.15, 0.2) is 69.9 Å². The molecule has 0 fully saturated rings. The Morgan fingerprint density at radius 1 is 0.900 bits per heavy atom. The number of hydrogen-bond acceptors (Lipinski definition) is 5. The Morgan fingerprint density at radius 3 is 2.33 bits per heavy atom. The smallest absolute Gasteiger partial charge is 0.275 e. The molecule has 5 aromatic rings. The van der Waals surface area contributed by atoms with Gasteiger partial charge in [0.15, 0.2) is 0 Å². The van der Waals surface area contributed by atoms with Crippen molar-refractivity contribution >= 4 is 26.4 Å². The summed E-state index contributed by atoms with van der Waals surface area (Å²) in [6.07, 6.45) is 0. The summed E-state index contributed by atoms with van der Waals surface area (Å²) in [5.74, 6) is 0.935. The van der Waals surface area contributed by atoms with Crippen molar-refractivity contribution in [3.8, 4) is 34.8 Å². The van der Waals surface area contributed by atoms with E-state index >= 15 is 0 Å². The summed E-state index contributed by atoms with van der Waals surface area (Å²) in [4.78, 5) is 13.7. The Kier molecular flexibility index (Phi) is 4.03. The number of furan rings is 1. The highest BCUT2D eigenvalue weighted by molar-refractivity contribution is 7.24. The topological polar surface area (TPSA) is 82.2 Å². The monoisotopic (exact) mass is 407 g/mol. The molecular formula is C24H13N3O2S. The molecule has 0 N–H and O–H groups in total. The second-order valence-corrected chi connectivity index (χ2v) is 7.92. The number of nitriles is 2. The number of rotatable bonds is 2. The van der Waals surface area contributed by atoms with Gasteiger partial charge in [0.05, 0.1) is 21.3 Å². The molecule has 0 amide bonds. The van der Waals surface area contributed by atoms with Crippen LogP contribution in [0.5, 0.6) is 0 Å². The van der Waals surface area contributed by atoms with E-state index in [0.717, 1.165) is 15.8 Å². The highest BCUT2D eigenvalue weighted by Crippen LogP contribution is 2.36. The Labute approximate surface area is 175 Å². The maximum absolute atomic E-state index is 13.2. The first-order valence-corrected chi connectivity index (χ1v) is 10.0. The molecule has 3 aromatic heterocycles. The van der Waals surface area contributed by atoms with Crippen molar-refractivity contribution in [1.29, 1.82) is 10.5 Å². The molecule has 5 rings (SSSR count). The summed E-state index contributed by atoms with van der Waals surface area (Å²) in [7, 11) is 0. The predicted octanol–water partition coefficient (Wildman–Crippen LogP) is 5.49. The second kappa shape index (κ2) is 6.73. The average Bonchev–Trinajstić information content (AvgIpc) is 3.39. The highest BCUT2D eigenvalue weighted by Gasteiger charge is 2.24. The van der Waals surface area contributed by atoms with Crippen molar-refractivity contribution in [1.82, 2.24) is 4.40 Å². The van der Waals surface area contributed by atoms with Crippen molar-refractivity contribution < 1.29 is 4.42 Å². The summed E-state index contributed by atoms with van der Waals surface area (Å²) >= 11 is 1.35. The normalized spacial score (nSPS) is 10.9. The minimum Gasteiger partial charge on any atom is -0.456 e. The second-order valence-electron chi connectivity index (χ2n) is 6.89. The summed E-state index contributed by atoms with van der Waals surface area (Å²) in [6, 6.07) is 22.9. The number of fused-ring (bicyclic) bond motifs is 3. The van der Waals surface area contributed by atoms with E-state index in [4.69, 9.17) is 4.42 Å². The number of benzene rings is 2. The number of thiazole rings is 1. The van der Waals surface area contributed by atoms with Crippen LogP contribution in [-0.2, 0) is 0 Å². The number of para-hydroxylation sites is 1. The van der Waals surface area contributed by atoms with Crippen LogP contribution in [0.1, 0.15) is 16.7 Å². The Balaban J connectivity index is 1.83. The molecule has 0 radical (unpaired) electrons. The molecule has 0 aliphatic rings. The fraction of sp³-hybridized carbons (Fsp3) is 0.0417. The Bertz CT molecular complexity index is 1590. The van der Waals surface area contributed by atoms with Gasteiger partial charge in [-0.3, -0.25) is 9.20 Å². The average molecular weight is 407 g/mol. The predicted molar refractivity (Wildman–Crippen MR) is 116 cm³/mol. The largest absolute Gasteiger partial charge is 0.456 e. The molecular weight excluding hydrogens is 394 g/mol. The Hall–Kier alpha value is -4.13. The van der Waals surface area contributed by atoms with Gasteiger partial charge in [-0.05, 0) is 31.2 Å². The van der Waals surface area contributed by atoms with Gasteiger partial charge in [-0.1, -0.05) is 42.0 Å². The fourth-order valence-electron chi connectivity index (χ4n) is 3.60. The highest BCUT2D eigenvalue weighted by atomic mass is 32.1.